The van der Waals surface area contributed by atoms with Crippen LogP contribution in [0.2, 0.25) is 0 Å². The molecule has 32 heavy (non-hydrogen) atoms. The van der Waals surface area contributed by atoms with E-state index in [9.17, 15) is 18.0 Å². The Balaban J connectivity index is 1.60. The van der Waals surface area contributed by atoms with Gasteiger partial charge in [-0.05, 0) is 25.0 Å². The van der Waals surface area contributed by atoms with Crippen molar-refractivity contribution in [2.24, 2.45) is 14.1 Å². The van der Waals surface area contributed by atoms with E-state index in [1.165, 1.54) is 9.47 Å². The maximum Gasteiger partial charge on any atom is 0.401 e. The number of aryl methyl sites for hydroxylation is 2. The quantitative estimate of drug-likeness (QED) is 0.485. The summed E-state index contributed by atoms with van der Waals surface area (Å²) in [5, 5.41) is 4.19. The highest BCUT2D eigenvalue weighted by Gasteiger charge is 2.33. The average Bonchev–Trinajstić information content (AvgIpc) is 3.29. The lowest BCUT2D eigenvalue weighted by molar-refractivity contribution is -0.148. The summed E-state index contributed by atoms with van der Waals surface area (Å²) >= 11 is 0. The second kappa shape index (κ2) is 7.44. The van der Waals surface area contributed by atoms with Crippen LogP contribution in [0, 0.1) is 0 Å². The smallest absolute Gasteiger partial charge is 0.295 e. The molecule has 0 aliphatic carbocycles. The Morgan fingerprint density at radius 1 is 1.12 bits per heavy atom. The molecule has 8 nitrogen and oxygen atoms in total. The van der Waals surface area contributed by atoms with Crippen LogP contribution in [0.25, 0.3) is 33.3 Å². The molecule has 0 bridgehead atoms. The lowest BCUT2D eigenvalue weighted by atomic mass is 10.0. The number of imidazole rings is 1. The monoisotopic (exact) mass is 445 g/mol. The predicted octanol–water partition coefficient (Wildman–Crippen LogP) is 2.88. The Hall–Kier alpha value is -3.21. The van der Waals surface area contributed by atoms with Crippen LogP contribution in [-0.4, -0.2) is 59.6 Å². The van der Waals surface area contributed by atoms with Gasteiger partial charge in [-0.15, -0.1) is 0 Å². The number of aromatic nitrogens is 6. The van der Waals surface area contributed by atoms with Crippen LogP contribution >= 0.6 is 0 Å². The molecule has 4 aromatic heterocycles. The lowest BCUT2D eigenvalue weighted by Crippen LogP contribution is -2.42. The van der Waals surface area contributed by atoms with E-state index in [0.717, 1.165) is 5.56 Å². The molecule has 5 rings (SSSR count). The van der Waals surface area contributed by atoms with Crippen LogP contribution < -0.4 is 5.69 Å². The molecule has 4 aromatic rings. The molecule has 1 fully saturated rings. The number of hydrogen-bond acceptors (Lipinski definition) is 5. The third-order valence-electron chi connectivity index (χ3n) is 6.09. The van der Waals surface area contributed by atoms with Gasteiger partial charge in [-0.1, -0.05) is 0 Å². The van der Waals surface area contributed by atoms with Gasteiger partial charge < -0.3 is 0 Å². The van der Waals surface area contributed by atoms with Gasteiger partial charge in [0.25, 0.3) is 0 Å². The number of fused-ring (bicyclic) bond motifs is 3. The summed E-state index contributed by atoms with van der Waals surface area (Å²) in [5.74, 6) is 0. The van der Waals surface area contributed by atoms with Crippen molar-refractivity contribution in [2.75, 3.05) is 19.6 Å². The topological polar surface area (TPSA) is 73.8 Å². The summed E-state index contributed by atoms with van der Waals surface area (Å²) in [6.45, 7) is -0.359. The first-order valence-corrected chi connectivity index (χ1v) is 10.4. The number of halogens is 3. The molecule has 0 spiro atoms. The minimum absolute atomic E-state index is 0.204. The van der Waals surface area contributed by atoms with E-state index in [-0.39, 0.29) is 24.8 Å². The molecule has 0 unspecified atom stereocenters. The fraction of sp³-hybridized carbons (Fsp3) is 0.429. The summed E-state index contributed by atoms with van der Waals surface area (Å²) in [7, 11) is 3.50. The van der Waals surface area contributed by atoms with E-state index in [1.54, 1.807) is 28.7 Å². The normalized spacial score (nSPS) is 16.4. The Labute approximate surface area is 180 Å². The molecule has 1 saturated heterocycles. The molecular weight excluding hydrogens is 423 g/mol. The molecule has 0 radical (unpaired) electrons. The summed E-state index contributed by atoms with van der Waals surface area (Å²) in [6.07, 6.45) is 1.92. The molecule has 0 aromatic carbocycles. The average molecular weight is 445 g/mol. The van der Waals surface area contributed by atoms with Gasteiger partial charge in [-0.3, -0.25) is 23.7 Å². The van der Waals surface area contributed by atoms with Gasteiger partial charge in [-0.2, -0.15) is 18.3 Å². The molecule has 5 heterocycles. The second-order valence-electron chi connectivity index (χ2n) is 8.29. The largest absolute Gasteiger partial charge is 0.401 e. The van der Waals surface area contributed by atoms with Crippen LogP contribution in [0.1, 0.15) is 18.9 Å². The van der Waals surface area contributed by atoms with Crippen molar-refractivity contribution >= 4 is 22.1 Å². The van der Waals surface area contributed by atoms with Gasteiger partial charge in [-0.25, -0.2) is 9.78 Å². The van der Waals surface area contributed by atoms with Crippen LogP contribution in [0.15, 0.2) is 35.5 Å². The van der Waals surface area contributed by atoms with Gasteiger partial charge >= 0.3 is 11.9 Å². The minimum atomic E-state index is -4.22. The minimum Gasteiger partial charge on any atom is -0.295 e. The molecule has 0 saturated carbocycles. The maximum atomic E-state index is 13.2. The van der Waals surface area contributed by atoms with Crippen LogP contribution in [0.4, 0.5) is 13.2 Å². The van der Waals surface area contributed by atoms with Crippen molar-refractivity contribution in [1.82, 2.24) is 33.8 Å². The highest BCUT2D eigenvalue weighted by atomic mass is 19.4. The third-order valence-corrected chi connectivity index (χ3v) is 6.09. The zero-order chi connectivity index (χ0) is 22.6. The van der Waals surface area contributed by atoms with E-state index < -0.39 is 12.7 Å². The predicted molar refractivity (Wildman–Crippen MR) is 113 cm³/mol. The molecule has 0 amide bonds. The molecule has 0 N–H and O–H groups in total. The van der Waals surface area contributed by atoms with Crippen molar-refractivity contribution < 1.29 is 13.2 Å². The summed E-state index contributed by atoms with van der Waals surface area (Å²) < 4.78 is 43.2. The number of pyridine rings is 2. The highest BCUT2D eigenvalue weighted by Crippen LogP contribution is 2.31. The fourth-order valence-electron chi connectivity index (χ4n) is 4.53. The Morgan fingerprint density at radius 2 is 1.88 bits per heavy atom. The summed E-state index contributed by atoms with van der Waals surface area (Å²) in [6, 6.07) is 3.52. The van der Waals surface area contributed by atoms with Crippen molar-refractivity contribution in [3.63, 3.8) is 0 Å². The number of piperidine rings is 1. The van der Waals surface area contributed by atoms with Gasteiger partial charge in [0.2, 0.25) is 0 Å². The number of hydrogen-bond donors (Lipinski definition) is 0. The number of alkyl halides is 3. The number of likely N-dealkylation sites (tertiary alicyclic amines) is 1. The van der Waals surface area contributed by atoms with Crippen molar-refractivity contribution in [3.05, 3.63) is 41.2 Å². The second-order valence-corrected chi connectivity index (χ2v) is 8.29. The molecule has 1 aliphatic heterocycles. The summed E-state index contributed by atoms with van der Waals surface area (Å²) in [5.41, 5.74) is 3.91. The van der Waals surface area contributed by atoms with Gasteiger partial charge in [0, 0.05) is 45.0 Å². The Morgan fingerprint density at radius 3 is 2.53 bits per heavy atom. The summed E-state index contributed by atoms with van der Waals surface area (Å²) in [4.78, 5) is 23.8. The molecule has 0 atom stereocenters. The molecule has 168 valence electrons. The SMILES string of the molecule is Cn1cc(-c2ccc3ncc4c(c3n2)n(C2CCN(CC(F)(F)F)CC2)c(=O)n4C)cn1. The van der Waals surface area contributed by atoms with Crippen molar-refractivity contribution in [3.8, 4) is 11.3 Å². The molecule has 1 aliphatic rings. The molecule has 11 heteroatoms. The van der Waals surface area contributed by atoms with Gasteiger partial charge in [0.1, 0.15) is 5.52 Å². The molecular formula is C21H22F3N7O. The first kappa shape index (κ1) is 20.7. The van der Waals surface area contributed by atoms with E-state index in [1.807, 2.05) is 25.4 Å². The standard InChI is InChI=1S/C21H22F3N7O/c1-28-11-13(9-26-28)15-3-4-16-18(27-15)19-17(10-25-16)29(2)20(32)31(19)14-5-7-30(8-6-14)12-21(22,23)24/h3-4,9-11,14H,5-8,12H2,1-2H3. The first-order chi connectivity index (χ1) is 15.2. The Bertz CT molecular complexity index is 1360. The number of rotatable bonds is 3. The van der Waals surface area contributed by atoms with Crippen molar-refractivity contribution in [2.45, 2.75) is 25.1 Å². The van der Waals surface area contributed by atoms with Crippen LogP contribution in [0.3, 0.4) is 0 Å². The van der Waals surface area contributed by atoms with E-state index >= 15 is 0 Å². The van der Waals surface area contributed by atoms with E-state index in [4.69, 9.17) is 4.98 Å². The fourth-order valence-corrected chi connectivity index (χ4v) is 4.53. The van der Waals surface area contributed by atoms with Crippen LogP contribution in [-0.2, 0) is 14.1 Å². The van der Waals surface area contributed by atoms with E-state index in [0.29, 0.717) is 40.6 Å². The maximum absolute atomic E-state index is 13.2. The van der Waals surface area contributed by atoms with E-state index in [2.05, 4.69) is 10.1 Å². The van der Waals surface area contributed by atoms with Crippen molar-refractivity contribution in [1.29, 1.82) is 0 Å². The zero-order valence-electron chi connectivity index (χ0n) is 17.7. The Kier molecular flexibility index (Phi) is 4.81. The number of nitrogens with zero attached hydrogens (tertiary/aromatic N) is 7. The lowest BCUT2D eigenvalue weighted by Gasteiger charge is -2.32. The highest BCUT2D eigenvalue weighted by molar-refractivity contribution is 6.00. The first-order valence-electron chi connectivity index (χ1n) is 10.4. The third kappa shape index (κ3) is 3.56. The van der Waals surface area contributed by atoms with Gasteiger partial charge in [0.15, 0.2) is 0 Å². The zero-order valence-corrected chi connectivity index (χ0v) is 17.7. The van der Waals surface area contributed by atoms with Crippen LogP contribution in [0.5, 0.6) is 0 Å². The van der Waals surface area contributed by atoms with Gasteiger partial charge in [0.05, 0.1) is 41.2 Å².